The molecule has 2 rings (SSSR count). The molecule has 1 aromatic heterocycles. The summed E-state index contributed by atoms with van der Waals surface area (Å²) in [4.78, 5) is 8.64. The molecule has 1 aromatic rings. The van der Waals surface area contributed by atoms with Crippen molar-refractivity contribution in [1.29, 1.82) is 0 Å². The topological polar surface area (TPSA) is 25.8 Å². The third-order valence-electron chi connectivity index (χ3n) is 3.82. The lowest BCUT2D eigenvalue weighted by molar-refractivity contribution is 0.215. The fourth-order valence-corrected chi connectivity index (χ4v) is 2.48. The number of aromatic nitrogens is 2. The fourth-order valence-electron chi connectivity index (χ4n) is 2.48. The summed E-state index contributed by atoms with van der Waals surface area (Å²) in [6.45, 7) is 4.68. The Balaban J connectivity index is 2.30. The van der Waals surface area contributed by atoms with Gasteiger partial charge in [-0.3, -0.25) is 9.97 Å². The van der Waals surface area contributed by atoms with Crippen molar-refractivity contribution in [3.63, 3.8) is 0 Å². The number of hydrogen-bond acceptors (Lipinski definition) is 2. The highest BCUT2D eigenvalue weighted by molar-refractivity contribution is 5.14. The predicted octanol–water partition coefficient (Wildman–Crippen LogP) is 2.94. The number of hydrogen-bond donors (Lipinski definition) is 0. The Hall–Kier alpha value is -0.920. The molecule has 0 N–H and O–H groups in total. The molecule has 1 aliphatic rings. The SMILES string of the molecule is CC1CCCCC1(C)c1cnccn1. The van der Waals surface area contributed by atoms with Gasteiger partial charge < -0.3 is 0 Å². The molecule has 1 saturated carbocycles. The maximum Gasteiger partial charge on any atom is 0.0648 e. The van der Waals surface area contributed by atoms with E-state index in [1.165, 1.54) is 31.4 Å². The molecule has 0 aliphatic heterocycles. The second-order valence-corrected chi connectivity index (χ2v) is 4.65. The maximum atomic E-state index is 4.46. The highest BCUT2D eigenvalue weighted by Crippen LogP contribution is 2.41. The van der Waals surface area contributed by atoms with Gasteiger partial charge in [-0.1, -0.05) is 26.7 Å². The van der Waals surface area contributed by atoms with Gasteiger partial charge in [0.1, 0.15) is 0 Å². The summed E-state index contributed by atoms with van der Waals surface area (Å²) >= 11 is 0. The van der Waals surface area contributed by atoms with Crippen LogP contribution in [0.1, 0.15) is 45.2 Å². The van der Waals surface area contributed by atoms with Crippen LogP contribution in [0, 0.1) is 5.92 Å². The second kappa shape index (κ2) is 3.68. The lowest BCUT2D eigenvalue weighted by atomic mass is 9.66. The molecule has 0 aromatic carbocycles. The van der Waals surface area contributed by atoms with E-state index in [9.17, 15) is 0 Å². The third kappa shape index (κ3) is 1.54. The first-order chi connectivity index (χ1) is 6.73. The zero-order chi connectivity index (χ0) is 10.0. The van der Waals surface area contributed by atoms with Crippen LogP contribution >= 0.6 is 0 Å². The molecule has 2 unspecified atom stereocenters. The van der Waals surface area contributed by atoms with E-state index in [-0.39, 0.29) is 5.41 Å². The summed E-state index contributed by atoms with van der Waals surface area (Å²) < 4.78 is 0. The molecular weight excluding hydrogens is 172 g/mol. The first-order valence-electron chi connectivity index (χ1n) is 5.50. The Morgan fingerprint density at radius 2 is 2.21 bits per heavy atom. The molecule has 0 radical (unpaired) electrons. The Morgan fingerprint density at radius 3 is 2.86 bits per heavy atom. The normalized spacial score (nSPS) is 32.9. The van der Waals surface area contributed by atoms with Crippen molar-refractivity contribution in [2.45, 2.75) is 44.9 Å². The number of nitrogens with zero attached hydrogens (tertiary/aromatic N) is 2. The van der Waals surface area contributed by atoms with Crippen LogP contribution in [0.5, 0.6) is 0 Å². The summed E-state index contributed by atoms with van der Waals surface area (Å²) in [6, 6.07) is 0. The second-order valence-electron chi connectivity index (χ2n) is 4.65. The lowest BCUT2D eigenvalue weighted by Gasteiger charge is -2.38. The van der Waals surface area contributed by atoms with Crippen LogP contribution in [-0.2, 0) is 5.41 Å². The average Bonchev–Trinajstić information content (AvgIpc) is 2.24. The standard InChI is InChI=1S/C12H18N2/c1-10-5-3-4-6-12(10,2)11-9-13-7-8-14-11/h7-10H,3-6H2,1-2H3. The molecule has 2 heteroatoms. The van der Waals surface area contributed by atoms with Gasteiger partial charge in [0.2, 0.25) is 0 Å². The van der Waals surface area contributed by atoms with Crippen LogP contribution < -0.4 is 0 Å². The molecule has 0 bridgehead atoms. The van der Waals surface area contributed by atoms with Gasteiger partial charge in [-0.25, -0.2) is 0 Å². The monoisotopic (exact) mass is 190 g/mol. The Kier molecular flexibility index (Phi) is 2.53. The van der Waals surface area contributed by atoms with E-state index in [1.54, 1.807) is 6.20 Å². The van der Waals surface area contributed by atoms with Crippen molar-refractivity contribution < 1.29 is 0 Å². The average molecular weight is 190 g/mol. The molecule has 14 heavy (non-hydrogen) atoms. The summed E-state index contributed by atoms with van der Waals surface area (Å²) in [5, 5.41) is 0. The molecule has 1 heterocycles. The predicted molar refractivity (Wildman–Crippen MR) is 57.0 cm³/mol. The Bertz CT molecular complexity index is 296. The molecule has 2 nitrogen and oxygen atoms in total. The van der Waals surface area contributed by atoms with Crippen molar-refractivity contribution >= 4 is 0 Å². The largest absolute Gasteiger partial charge is 0.261 e. The van der Waals surface area contributed by atoms with E-state index >= 15 is 0 Å². The highest BCUT2D eigenvalue weighted by atomic mass is 14.8. The molecule has 0 amide bonds. The third-order valence-corrected chi connectivity index (χ3v) is 3.82. The first kappa shape index (κ1) is 9.63. The maximum absolute atomic E-state index is 4.46. The van der Waals surface area contributed by atoms with Crippen molar-refractivity contribution in [2.24, 2.45) is 5.92 Å². The van der Waals surface area contributed by atoms with Gasteiger partial charge >= 0.3 is 0 Å². The molecular formula is C12H18N2. The van der Waals surface area contributed by atoms with Crippen LogP contribution in [-0.4, -0.2) is 9.97 Å². The zero-order valence-corrected chi connectivity index (χ0v) is 9.03. The van der Waals surface area contributed by atoms with Gasteiger partial charge in [-0.15, -0.1) is 0 Å². The van der Waals surface area contributed by atoms with Gasteiger partial charge in [-0.2, -0.15) is 0 Å². The lowest BCUT2D eigenvalue weighted by Crippen LogP contribution is -2.34. The quantitative estimate of drug-likeness (QED) is 0.680. The summed E-state index contributed by atoms with van der Waals surface area (Å²) in [5.41, 5.74) is 1.43. The van der Waals surface area contributed by atoms with Crippen molar-refractivity contribution in [3.05, 3.63) is 24.3 Å². The van der Waals surface area contributed by atoms with E-state index in [4.69, 9.17) is 0 Å². The molecule has 1 aliphatic carbocycles. The van der Waals surface area contributed by atoms with Gasteiger partial charge in [0.25, 0.3) is 0 Å². The van der Waals surface area contributed by atoms with Crippen molar-refractivity contribution in [2.75, 3.05) is 0 Å². The van der Waals surface area contributed by atoms with Crippen LogP contribution in [0.25, 0.3) is 0 Å². The summed E-state index contributed by atoms with van der Waals surface area (Å²) in [5.74, 6) is 0.730. The van der Waals surface area contributed by atoms with Crippen molar-refractivity contribution in [3.8, 4) is 0 Å². The zero-order valence-electron chi connectivity index (χ0n) is 9.03. The minimum Gasteiger partial charge on any atom is -0.261 e. The molecule has 1 fully saturated rings. The summed E-state index contributed by atoms with van der Waals surface area (Å²) in [7, 11) is 0. The highest BCUT2D eigenvalue weighted by Gasteiger charge is 2.36. The van der Waals surface area contributed by atoms with Gasteiger partial charge in [0.05, 0.1) is 5.69 Å². The minimum absolute atomic E-state index is 0.256. The van der Waals surface area contributed by atoms with E-state index in [0.29, 0.717) is 0 Å². The van der Waals surface area contributed by atoms with Crippen molar-refractivity contribution in [1.82, 2.24) is 9.97 Å². The summed E-state index contributed by atoms with van der Waals surface area (Å²) in [6.07, 6.45) is 10.8. The van der Waals surface area contributed by atoms with Crippen LogP contribution in [0.15, 0.2) is 18.6 Å². The first-order valence-corrected chi connectivity index (χ1v) is 5.50. The number of rotatable bonds is 1. The van der Waals surface area contributed by atoms with Gasteiger partial charge in [0.15, 0.2) is 0 Å². The van der Waals surface area contributed by atoms with E-state index < -0.39 is 0 Å². The Labute approximate surface area is 85.8 Å². The molecule has 76 valence electrons. The molecule has 0 spiro atoms. The van der Waals surface area contributed by atoms with Gasteiger partial charge in [-0.05, 0) is 18.8 Å². The molecule has 2 atom stereocenters. The van der Waals surface area contributed by atoms with Crippen LogP contribution in [0.2, 0.25) is 0 Å². The van der Waals surface area contributed by atoms with E-state index in [1.807, 2.05) is 12.4 Å². The molecule has 0 saturated heterocycles. The van der Waals surface area contributed by atoms with Crippen LogP contribution in [0.3, 0.4) is 0 Å². The van der Waals surface area contributed by atoms with Crippen LogP contribution in [0.4, 0.5) is 0 Å². The van der Waals surface area contributed by atoms with E-state index in [0.717, 1.165) is 5.92 Å². The Morgan fingerprint density at radius 1 is 1.36 bits per heavy atom. The van der Waals surface area contributed by atoms with E-state index in [2.05, 4.69) is 23.8 Å². The van der Waals surface area contributed by atoms with Gasteiger partial charge in [0, 0.05) is 24.0 Å². The smallest absolute Gasteiger partial charge is 0.0648 e. The fraction of sp³-hybridized carbons (Fsp3) is 0.667. The minimum atomic E-state index is 0.256.